The van der Waals surface area contributed by atoms with Crippen molar-refractivity contribution in [2.45, 2.75) is 32.2 Å². The molecule has 1 spiro atoms. The van der Waals surface area contributed by atoms with Gasteiger partial charge in [-0.15, -0.1) is 0 Å². The Morgan fingerprint density at radius 2 is 2.12 bits per heavy atom. The lowest BCUT2D eigenvalue weighted by Gasteiger charge is -2.29. The van der Waals surface area contributed by atoms with Crippen LogP contribution in [0.15, 0.2) is 0 Å². The van der Waals surface area contributed by atoms with E-state index in [0.29, 0.717) is 18.6 Å². The minimum atomic E-state index is -0.431. The molecule has 2 rings (SSSR count). The molecule has 1 aliphatic heterocycles. The SMILES string of the molecule is COCCN1CC2(CC2)CNC(C)(C)C1=O. The van der Waals surface area contributed by atoms with Crippen LogP contribution in [0.2, 0.25) is 0 Å². The molecule has 1 amide bonds. The minimum Gasteiger partial charge on any atom is -0.383 e. The van der Waals surface area contributed by atoms with Gasteiger partial charge in [-0.3, -0.25) is 4.79 Å². The first-order valence-electron chi connectivity index (χ1n) is 6.02. The zero-order valence-corrected chi connectivity index (χ0v) is 10.5. The Morgan fingerprint density at radius 3 is 2.69 bits per heavy atom. The van der Waals surface area contributed by atoms with Crippen molar-refractivity contribution in [3.05, 3.63) is 0 Å². The first kappa shape index (κ1) is 11.9. The minimum absolute atomic E-state index is 0.202. The molecular formula is C12H22N2O2. The van der Waals surface area contributed by atoms with Gasteiger partial charge in [-0.25, -0.2) is 0 Å². The highest BCUT2D eigenvalue weighted by molar-refractivity contribution is 5.86. The van der Waals surface area contributed by atoms with Crippen LogP contribution in [-0.2, 0) is 9.53 Å². The van der Waals surface area contributed by atoms with Gasteiger partial charge in [-0.1, -0.05) is 0 Å². The van der Waals surface area contributed by atoms with Crippen molar-refractivity contribution in [2.24, 2.45) is 5.41 Å². The Balaban J connectivity index is 2.09. The lowest BCUT2D eigenvalue weighted by molar-refractivity contribution is -0.137. The fourth-order valence-electron chi connectivity index (χ4n) is 2.31. The molecule has 16 heavy (non-hydrogen) atoms. The second-order valence-electron chi connectivity index (χ2n) is 5.70. The third-order valence-corrected chi connectivity index (χ3v) is 3.78. The monoisotopic (exact) mass is 226 g/mol. The normalized spacial score (nSPS) is 26.9. The Hall–Kier alpha value is -0.610. The van der Waals surface area contributed by atoms with Gasteiger partial charge >= 0.3 is 0 Å². The van der Waals surface area contributed by atoms with Crippen molar-refractivity contribution in [1.82, 2.24) is 10.2 Å². The number of hydrogen-bond acceptors (Lipinski definition) is 3. The molecule has 0 radical (unpaired) electrons. The van der Waals surface area contributed by atoms with Crippen LogP contribution in [0.5, 0.6) is 0 Å². The fourth-order valence-corrected chi connectivity index (χ4v) is 2.31. The van der Waals surface area contributed by atoms with Crippen LogP contribution in [0.1, 0.15) is 26.7 Å². The number of carbonyl (C=O) groups is 1. The quantitative estimate of drug-likeness (QED) is 0.767. The number of nitrogens with one attached hydrogen (secondary N) is 1. The van der Waals surface area contributed by atoms with Gasteiger partial charge in [0.25, 0.3) is 0 Å². The molecule has 0 atom stereocenters. The summed E-state index contributed by atoms with van der Waals surface area (Å²) in [7, 11) is 1.68. The molecule has 2 fully saturated rings. The summed E-state index contributed by atoms with van der Waals surface area (Å²) in [4.78, 5) is 14.3. The van der Waals surface area contributed by atoms with Crippen LogP contribution in [0.25, 0.3) is 0 Å². The van der Waals surface area contributed by atoms with Crippen molar-refractivity contribution in [3.63, 3.8) is 0 Å². The summed E-state index contributed by atoms with van der Waals surface area (Å²) in [6, 6.07) is 0. The number of carbonyl (C=O) groups excluding carboxylic acids is 1. The van der Waals surface area contributed by atoms with E-state index in [1.807, 2.05) is 18.7 Å². The van der Waals surface area contributed by atoms with Crippen molar-refractivity contribution in [2.75, 3.05) is 33.4 Å². The second-order valence-corrected chi connectivity index (χ2v) is 5.70. The van der Waals surface area contributed by atoms with E-state index in [-0.39, 0.29) is 5.91 Å². The third kappa shape index (κ3) is 2.23. The Morgan fingerprint density at radius 1 is 1.44 bits per heavy atom. The van der Waals surface area contributed by atoms with Crippen molar-refractivity contribution in [3.8, 4) is 0 Å². The molecule has 0 unspecified atom stereocenters. The third-order valence-electron chi connectivity index (χ3n) is 3.78. The predicted molar refractivity (Wildman–Crippen MR) is 62.2 cm³/mol. The van der Waals surface area contributed by atoms with Crippen LogP contribution in [0.3, 0.4) is 0 Å². The zero-order valence-electron chi connectivity index (χ0n) is 10.5. The maximum atomic E-state index is 12.3. The average molecular weight is 226 g/mol. The highest BCUT2D eigenvalue weighted by Gasteiger charge is 2.49. The van der Waals surface area contributed by atoms with Gasteiger partial charge in [0, 0.05) is 32.2 Å². The molecule has 0 aromatic carbocycles. The summed E-state index contributed by atoms with van der Waals surface area (Å²) in [6.07, 6.45) is 2.49. The van der Waals surface area contributed by atoms with Gasteiger partial charge in [-0.2, -0.15) is 0 Å². The predicted octanol–water partition coefficient (Wildman–Crippen LogP) is 0.623. The van der Waals surface area contributed by atoms with Gasteiger partial charge in [0.1, 0.15) is 0 Å². The van der Waals surface area contributed by atoms with E-state index in [1.54, 1.807) is 7.11 Å². The zero-order chi connectivity index (χ0) is 11.8. The van der Waals surface area contributed by atoms with Crippen LogP contribution >= 0.6 is 0 Å². The topological polar surface area (TPSA) is 41.6 Å². The van der Waals surface area contributed by atoms with Crippen LogP contribution in [0, 0.1) is 5.41 Å². The van der Waals surface area contributed by atoms with E-state index in [2.05, 4.69) is 5.32 Å². The van der Waals surface area contributed by atoms with Gasteiger partial charge < -0.3 is 15.0 Å². The first-order chi connectivity index (χ1) is 7.49. The number of amides is 1. The second kappa shape index (κ2) is 4.00. The van der Waals surface area contributed by atoms with E-state index in [4.69, 9.17) is 4.74 Å². The molecule has 4 nitrogen and oxygen atoms in total. The maximum Gasteiger partial charge on any atom is 0.242 e. The van der Waals surface area contributed by atoms with Crippen LogP contribution in [-0.4, -0.2) is 49.7 Å². The number of rotatable bonds is 3. The van der Waals surface area contributed by atoms with Crippen LogP contribution in [0.4, 0.5) is 0 Å². The molecule has 1 N–H and O–H groups in total. The van der Waals surface area contributed by atoms with E-state index in [9.17, 15) is 4.79 Å². The highest BCUT2D eigenvalue weighted by Crippen LogP contribution is 2.47. The molecule has 1 saturated carbocycles. The van der Waals surface area contributed by atoms with E-state index >= 15 is 0 Å². The molecule has 1 heterocycles. The lowest BCUT2D eigenvalue weighted by Crippen LogP contribution is -2.52. The number of nitrogens with zero attached hydrogens (tertiary/aromatic N) is 1. The number of hydrogen-bond donors (Lipinski definition) is 1. The molecule has 0 bridgehead atoms. The maximum absolute atomic E-state index is 12.3. The Bertz CT molecular complexity index is 285. The standard InChI is InChI=1S/C12H22N2O2/c1-11(2)10(15)14(6-7-16-3)9-12(4-5-12)8-13-11/h13H,4-9H2,1-3H3. The van der Waals surface area contributed by atoms with E-state index < -0.39 is 5.54 Å². The van der Waals surface area contributed by atoms with Gasteiger partial charge in [-0.05, 0) is 26.7 Å². The van der Waals surface area contributed by atoms with E-state index in [0.717, 1.165) is 13.1 Å². The number of ether oxygens (including phenoxy) is 1. The van der Waals surface area contributed by atoms with Crippen molar-refractivity contribution in [1.29, 1.82) is 0 Å². The van der Waals surface area contributed by atoms with Gasteiger partial charge in [0.05, 0.1) is 12.1 Å². The average Bonchev–Trinajstić information content (AvgIpc) is 3.01. The molecule has 1 saturated heterocycles. The van der Waals surface area contributed by atoms with Crippen molar-refractivity contribution >= 4 is 5.91 Å². The molecule has 92 valence electrons. The van der Waals surface area contributed by atoms with Crippen LogP contribution < -0.4 is 5.32 Å². The molecule has 4 heteroatoms. The van der Waals surface area contributed by atoms with Gasteiger partial charge in [0.15, 0.2) is 0 Å². The molecule has 0 aromatic heterocycles. The molecule has 1 aliphatic carbocycles. The summed E-state index contributed by atoms with van der Waals surface area (Å²) < 4.78 is 5.08. The largest absolute Gasteiger partial charge is 0.383 e. The highest BCUT2D eigenvalue weighted by atomic mass is 16.5. The van der Waals surface area contributed by atoms with Crippen molar-refractivity contribution < 1.29 is 9.53 Å². The summed E-state index contributed by atoms with van der Waals surface area (Å²) in [6.45, 7) is 7.13. The summed E-state index contributed by atoms with van der Waals surface area (Å²) in [5.41, 5.74) is -0.0724. The Kier molecular flexibility index (Phi) is 2.97. The smallest absolute Gasteiger partial charge is 0.242 e. The fraction of sp³-hybridized carbons (Fsp3) is 0.917. The lowest BCUT2D eigenvalue weighted by atomic mass is 10.0. The molecule has 0 aromatic rings. The Labute approximate surface area is 97.3 Å². The summed E-state index contributed by atoms with van der Waals surface area (Å²) in [5.74, 6) is 0.202. The molecular weight excluding hydrogens is 204 g/mol. The number of methoxy groups -OCH3 is 1. The molecule has 2 aliphatic rings. The summed E-state index contributed by atoms with van der Waals surface area (Å²) >= 11 is 0. The summed E-state index contributed by atoms with van der Waals surface area (Å²) in [5, 5.41) is 3.40. The van der Waals surface area contributed by atoms with Gasteiger partial charge in [0.2, 0.25) is 5.91 Å². The first-order valence-corrected chi connectivity index (χ1v) is 6.02. The van der Waals surface area contributed by atoms with E-state index in [1.165, 1.54) is 12.8 Å².